The molecule has 1 N–H and O–H groups in total. The van der Waals surface area contributed by atoms with E-state index in [9.17, 15) is 9.50 Å². The fourth-order valence-corrected chi connectivity index (χ4v) is 2.31. The van der Waals surface area contributed by atoms with Gasteiger partial charge in [-0.1, -0.05) is 6.07 Å². The molecule has 0 aliphatic carbocycles. The standard InChI is InChI=1S/C13H15FN4O/c1-9(19)10-2-3-12(11(14)6-10)17-4-5-18-8-15-16-13(18)7-17/h2-3,6,8-9,19H,4-5,7H2,1H3/t9-/m0/s1. The van der Waals surface area contributed by atoms with Gasteiger partial charge in [0.15, 0.2) is 5.82 Å². The van der Waals surface area contributed by atoms with Crippen LogP contribution >= 0.6 is 0 Å². The molecule has 1 atom stereocenters. The summed E-state index contributed by atoms with van der Waals surface area (Å²) in [6, 6.07) is 4.85. The van der Waals surface area contributed by atoms with Crippen molar-refractivity contribution in [2.24, 2.45) is 0 Å². The van der Waals surface area contributed by atoms with Crippen LogP contribution in [-0.4, -0.2) is 26.4 Å². The monoisotopic (exact) mass is 262 g/mol. The highest BCUT2D eigenvalue weighted by atomic mass is 19.1. The minimum atomic E-state index is -0.659. The summed E-state index contributed by atoms with van der Waals surface area (Å²) in [5.41, 5.74) is 1.13. The number of halogens is 1. The van der Waals surface area contributed by atoms with Gasteiger partial charge in [-0.25, -0.2) is 4.39 Å². The number of rotatable bonds is 2. The number of aliphatic hydroxyl groups excluding tert-OH is 1. The van der Waals surface area contributed by atoms with Crippen molar-refractivity contribution in [3.8, 4) is 0 Å². The maximum absolute atomic E-state index is 14.1. The van der Waals surface area contributed by atoms with E-state index in [4.69, 9.17) is 0 Å². The predicted octanol–water partition coefficient (Wildman–Crippen LogP) is 1.49. The molecule has 0 saturated heterocycles. The molecule has 0 saturated carbocycles. The Bertz CT molecular complexity index is 596. The highest BCUT2D eigenvalue weighted by Crippen LogP contribution is 2.26. The topological polar surface area (TPSA) is 54.2 Å². The minimum Gasteiger partial charge on any atom is -0.389 e. The lowest BCUT2D eigenvalue weighted by atomic mass is 10.1. The third-order valence-electron chi connectivity index (χ3n) is 3.43. The van der Waals surface area contributed by atoms with Gasteiger partial charge in [0.25, 0.3) is 0 Å². The van der Waals surface area contributed by atoms with E-state index >= 15 is 0 Å². The second-order valence-corrected chi connectivity index (χ2v) is 4.75. The van der Waals surface area contributed by atoms with E-state index in [0.717, 1.165) is 18.9 Å². The van der Waals surface area contributed by atoms with Crippen molar-refractivity contribution in [1.82, 2.24) is 14.8 Å². The van der Waals surface area contributed by atoms with Gasteiger partial charge < -0.3 is 14.6 Å². The van der Waals surface area contributed by atoms with Crippen molar-refractivity contribution in [2.75, 3.05) is 11.4 Å². The molecule has 1 aliphatic heterocycles. The summed E-state index contributed by atoms with van der Waals surface area (Å²) in [7, 11) is 0. The first-order valence-electron chi connectivity index (χ1n) is 6.24. The molecule has 2 heterocycles. The molecule has 0 unspecified atom stereocenters. The average molecular weight is 262 g/mol. The Morgan fingerprint density at radius 1 is 1.37 bits per heavy atom. The van der Waals surface area contributed by atoms with Gasteiger partial charge in [-0.15, -0.1) is 10.2 Å². The second-order valence-electron chi connectivity index (χ2n) is 4.75. The molecule has 0 radical (unpaired) electrons. The van der Waals surface area contributed by atoms with Crippen LogP contribution in [0.15, 0.2) is 24.5 Å². The highest BCUT2D eigenvalue weighted by molar-refractivity contribution is 5.50. The van der Waals surface area contributed by atoms with E-state index < -0.39 is 6.10 Å². The van der Waals surface area contributed by atoms with E-state index in [2.05, 4.69) is 10.2 Å². The van der Waals surface area contributed by atoms with Gasteiger partial charge in [0.1, 0.15) is 12.1 Å². The summed E-state index contributed by atoms with van der Waals surface area (Å²) in [6.07, 6.45) is 1.03. The van der Waals surface area contributed by atoms with Crippen LogP contribution in [0.1, 0.15) is 24.4 Å². The van der Waals surface area contributed by atoms with E-state index in [-0.39, 0.29) is 5.82 Å². The van der Waals surface area contributed by atoms with Crippen molar-refractivity contribution >= 4 is 5.69 Å². The molecule has 0 bridgehead atoms. The third kappa shape index (κ3) is 2.19. The Morgan fingerprint density at radius 3 is 2.95 bits per heavy atom. The molecule has 1 aliphatic rings. The van der Waals surface area contributed by atoms with Crippen LogP contribution in [-0.2, 0) is 13.1 Å². The largest absolute Gasteiger partial charge is 0.389 e. The Kier molecular flexibility index (Phi) is 2.94. The summed E-state index contributed by atoms with van der Waals surface area (Å²) < 4.78 is 16.1. The first-order chi connectivity index (χ1) is 9.15. The molecule has 100 valence electrons. The van der Waals surface area contributed by atoms with E-state index in [1.165, 1.54) is 6.07 Å². The molecular formula is C13H15FN4O. The van der Waals surface area contributed by atoms with Crippen molar-refractivity contribution in [2.45, 2.75) is 26.1 Å². The van der Waals surface area contributed by atoms with Crippen molar-refractivity contribution in [1.29, 1.82) is 0 Å². The summed E-state index contributed by atoms with van der Waals surface area (Å²) >= 11 is 0. The molecule has 2 aromatic rings. The summed E-state index contributed by atoms with van der Waals surface area (Å²) in [5, 5.41) is 17.3. The number of hydrogen-bond donors (Lipinski definition) is 1. The zero-order chi connectivity index (χ0) is 13.4. The van der Waals surface area contributed by atoms with Gasteiger partial charge in [0.2, 0.25) is 0 Å². The van der Waals surface area contributed by atoms with Gasteiger partial charge in [-0.05, 0) is 24.6 Å². The summed E-state index contributed by atoms with van der Waals surface area (Å²) in [5.74, 6) is 0.525. The van der Waals surface area contributed by atoms with Crippen molar-refractivity contribution in [3.63, 3.8) is 0 Å². The molecule has 1 aromatic heterocycles. The number of aromatic nitrogens is 3. The first kappa shape index (κ1) is 12.1. The number of benzene rings is 1. The quantitative estimate of drug-likeness (QED) is 0.891. The fraction of sp³-hybridized carbons (Fsp3) is 0.385. The number of fused-ring (bicyclic) bond motifs is 1. The Balaban J connectivity index is 1.88. The Morgan fingerprint density at radius 2 is 2.21 bits per heavy atom. The fourth-order valence-electron chi connectivity index (χ4n) is 2.31. The SMILES string of the molecule is C[C@H](O)c1ccc(N2CCn3cnnc3C2)c(F)c1. The van der Waals surface area contributed by atoms with Gasteiger partial charge in [0, 0.05) is 13.1 Å². The molecular weight excluding hydrogens is 247 g/mol. The van der Waals surface area contributed by atoms with E-state index in [1.807, 2.05) is 9.47 Å². The van der Waals surface area contributed by atoms with Crippen LogP contribution < -0.4 is 4.90 Å². The lowest BCUT2D eigenvalue weighted by molar-refractivity contribution is 0.199. The van der Waals surface area contributed by atoms with Crippen LogP contribution in [0.3, 0.4) is 0 Å². The lowest BCUT2D eigenvalue weighted by Crippen LogP contribution is -2.34. The van der Waals surface area contributed by atoms with Gasteiger partial charge in [0.05, 0.1) is 18.3 Å². The van der Waals surface area contributed by atoms with Crippen LogP contribution in [0.25, 0.3) is 0 Å². The zero-order valence-corrected chi connectivity index (χ0v) is 10.6. The van der Waals surface area contributed by atoms with Crippen molar-refractivity contribution < 1.29 is 9.50 Å². The first-order valence-corrected chi connectivity index (χ1v) is 6.24. The normalized spacial score (nSPS) is 16.3. The lowest BCUT2D eigenvalue weighted by Gasteiger charge is -2.29. The highest BCUT2D eigenvalue weighted by Gasteiger charge is 2.20. The minimum absolute atomic E-state index is 0.314. The molecule has 1 aromatic carbocycles. The van der Waals surface area contributed by atoms with Gasteiger partial charge >= 0.3 is 0 Å². The molecule has 0 spiro atoms. The van der Waals surface area contributed by atoms with Crippen molar-refractivity contribution in [3.05, 3.63) is 41.7 Å². The zero-order valence-electron chi connectivity index (χ0n) is 10.6. The van der Waals surface area contributed by atoms with Crippen LogP contribution in [0.4, 0.5) is 10.1 Å². The van der Waals surface area contributed by atoms with E-state index in [1.54, 1.807) is 25.4 Å². The number of anilines is 1. The smallest absolute Gasteiger partial charge is 0.152 e. The molecule has 3 rings (SSSR count). The average Bonchev–Trinajstić information content (AvgIpc) is 2.85. The Hall–Kier alpha value is -1.95. The third-order valence-corrected chi connectivity index (χ3v) is 3.43. The van der Waals surface area contributed by atoms with E-state index in [0.29, 0.717) is 17.8 Å². The predicted molar refractivity (Wildman–Crippen MR) is 68.1 cm³/mol. The molecule has 0 amide bonds. The maximum Gasteiger partial charge on any atom is 0.152 e. The molecule has 6 heteroatoms. The summed E-state index contributed by atoms with van der Waals surface area (Å²) in [6.45, 7) is 3.64. The summed E-state index contributed by atoms with van der Waals surface area (Å²) in [4.78, 5) is 1.94. The number of hydrogen-bond acceptors (Lipinski definition) is 4. The Labute approximate surface area is 110 Å². The van der Waals surface area contributed by atoms with Gasteiger partial charge in [-0.3, -0.25) is 0 Å². The van der Waals surface area contributed by atoms with Crippen LogP contribution in [0.5, 0.6) is 0 Å². The number of aliphatic hydroxyl groups is 1. The van der Waals surface area contributed by atoms with Crippen LogP contribution in [0, 0.1) is 5.82 Å². The molecule has 19 heavy (non-hydrogen) atoms. The second kappa shape index (κ2) is 4.62. The molecule has 0 fully saturated rings. The number of nitrogens with zero attached hydrogens (tertiary/aromatic N) is 4. The maximum atomic E-state index is 14.1. The van der Waals surface area contributed by atoms with Gasteiger partial charge in [-0.2, -0.15) is 0 Å². The van der Waals surface area contributed by atoms with Crippen LogP contribution in [0.2, 0.25) is 0 Å². The molecule has 5 nitrogen and oxygen atoms in total.